The van der Waals surface area contributed by atoms with Crippen LogP contribution in [-0.4, -0.2) is 16.0 Å². The van der Waals surface area contributed by atoms with Crippen molar-refractivity contribution in [2.24, 2.45) is 0 Å². The molecule has 0 saturated carbocycles. The molecule has 1 aromatic carbocycles. The first-order valence-corrected chi connectivity index (χ1v) is 5.61. The number of hydrogen-bond acceptors (Lipinski definition) is 3. The lowest BCUT2D eigenvalue weighted by molar-refractivity contribution is 0.102. The standard InChI is InChI=1S/C14H14N2O2/c1-9-7-8-12(10(2)15-9)16-14(18)11-5-3-4-6-13(11)17/h3-8,17H,1-2H3,(H,16,18). The molecule has 2 aromatic rings. The summed E-state index contributed by atoms with van der Waals surface area (Å²) in [5.41, 5.74) is 2.54. The van der Waals surface area contributed by atoms with Crippen LogP contribution in [0.1, 0.15) is 21.7 Å². The Labute approximate surface area is 105 Å². The van der Waals surface area contributed by atoms with Crippen molar-refractivity contribution < 1.29 is 9.90 Å². The molecule has 18 heavy (non-hydrogen) atoms. The summed E-state index contributed by atoms with van der Waals surface area (Å²) in [5.74, 6) is -0.380. The molecule has 0 spiro atoms. The Morgan fingerprint density at radius 1 is 1.17 bits per heavy atom. The third-order valence-corrected chi connectivity index (χ3v) is 2.62. The lowest BCUT2D eigenvalue weighted by atomic mass is 10.2. The van der Waals surface area contributed by atoms with Crippen molar-refractivity contribution >= 4 is 11.6 Å². The molecule has 4 heteroatoms. The topological polar surface area (TPSA) is 62.2 Å². The zero-order valence-corrected chi connectivity index (χ0v) is 10.3. The van der Waals surface area contributed by atoms with Crippen molar-refractivity contribution in [2.45, 2.75) is 13.8 Å². The number of carbonyl (C=O) groups excluding carboxylic acids is 1. The molecule has 0 fully saturated rings. The van der Waals surface area contributed by atoms with Crippen LogP contribution in [0.25, 0.3) is 0 Å². The third-order valence-electron chi connectivity index (χ3n) is 2.62. The van der Waals surface area contributed by atoms with E-state index in [0.29, 0.717) is 5.69 Å². The second-order valence-corrected chi connectivity index (χ2v) is 4.06. The second kappa shape index (κ2) is 4.87. The van der Waals surface area contributed by atoms with Gasteiger partial charge in [0.25, 0.3) is 5.91 Å². The van der Waals surface area contributed by atoms with E-state index in [9.17, 15) is 9.90 Å². The van der Waals surface area contributed by atoms with Crippen molar-refractivity contribution in [1.29, 1.82) is 0 Å². The minimum Gasteiger partial charge on any atom is -0.507 e. The Balaban J connectivity index is 2.24. The molecule has 0 radical (unpaired) electrons. The van der Waals surface area contributed by atoms with Crippen molar-refractivity contribution in [3.05, 3.63) is 53.3 Å². The minimum atomic E-state index is -0.346. The number of anilines is 1. The number of nitrogens with zero attached hydrogens (tertiary/aromatic N) is 1. The van der Waals surface area contributed by atoms with Gasteiger partial charge < -0.3 is 10.4 Å². The van der Waals surface area contributed by atoms with Gasteiger partial charge in [0.05, 0.1) is 16.9 Å². The molecule has 1 heterocycles. The van der Waals surface area contributed by atoms with Crippen molar-refractivity contribution in [3.63, 3.8) is 0 Å². The van der Waals surface area contributed by atoms with Gasteiger partial charge in [-0.05, 0) is 38.1 Å². The van der Waals surface area contributed by atoms with Crippen LogP contribution in [0.5, 0.6) is 5.75 Å². The third kappa shape index (κ3) is 2.48. The number of aromatic hydroxyl groups is 1. The number of amides is 1. The summed E-state index contributed by atoms with van der Waals surface area (Å²) >= 11 is 0. The van der Waals surface area contributed by atoms with E-state index in [2.05, 4.69) is 10.3 Å². The summed E-state index contributed by atoms with van der Waals surface area (Å²) in [6.45, 7) is 3.72. The predicted molar refractivity (Wildman–Crippen MR) is 69.8 cm³/mol. The summed E-state index contributed by atoms with van der Waals surface area (Å²) < 4.78 is 0. The van der Waals surface area contributed by atoms with Crippen LogP contribution in [-0.2, 0) is 0 Å². The Morgan fingerprint density at radius 2 is 1.89 bits per heavy atom. The second-order valence-electron chi connectivity index (χ2n) is 4.06. The van der Waals surface area contributed by atoms with Gasteiger partial charge in [-0.3, -0.25) is 9.78 Å². The van der Waals surface area contributed by atoms with E-state index in [-0.39, 0.29) is 17.2 Å². The number of nitrogens with one attached hydrogen (secondary N) is 1. The van der Waals surface area contributed by atoms with Gasteiger partial charge in [0.15, 0.2) is 0 Å². The molecule has 0 atom stereocenters. The molecule has 0 aliphatic carbocycles. The molecule has 92 valence electrons. The molecular weight excluding hydrogens is 228 g/mol. The van der Waals surface area contributed by atoms with E-state index in [1.54, 1.807) is 24.3 Å². The SMILES string of the molecule is Cc1ccc(NC(=O)c2ccccc2O)c(C)n1. The summed E-state index contributed by atoms with van der Waals surface area (Å²) in [6.07, 6.45) is 0. The van der Waals surface area contributed by atoms with Gasteiger partial charge in [-0.1, -0.05) is 12.1 Å². The van der Waals surface area contributed by atoms with Gasteiger partial charge in [0.2, 0.25) is 0 Å². The van der Waals surface area contributed by atoms with Crippen LogP contribution in [0.4, 0.5) is 5.69 Å². The summed E-state index contributed by atoms with van der Waals surface area (Å²) in [6, 6.07) is 10.1. The smallest absolute Gasteiger partial charge is 0.259 e. The Morgan fingerprint density at radius 3 is 2.56 bits per heavy atom. The highest BCUT2D eigenvalue weighted by Crippen LogP contribution is 2.19. The Bertz CT molecular complexity index is 594. The van der Waals surface area contributed by atoms with E-state index >= 15 is 0 Å². The lowest BCUT2D eigenvalue weighted by Gasteiger charge is -2.09. The molecule has 2 N–H and O–H groups in total. The number of aryl methyl sites for hydroxylation is 2. The molecule has 0 aliphatic heterocycles. The first kappa shape index (κ1) is 12.1. The molecule has 0 unspecified atom stereocenters. The Kier molecular flexibility index (Phi) is 3.28. The van der Waals surface area contributed by atoms with E-state index in [0.717, 1.165) is 11.4 Å². The number of rotatable bonds is 2. The normalized spacial score (nSPS) is 10.1. The van der Waals surface area contributed by atoms with Gasteiger partial charge >= 0.3 is 0 Å². The maximum absolute atomic E-state index is 12.0. The van der Waals surface area contributed by atoms with E-state index < -0.39 is 0 Å². The molecule has 4 nitrogen and oxygen atoms in total. The van der Waals surface area contributed by atoms with Crippen molar-refractivity contribution in [1.82, 2.24) is 4.98 Å². The molecule has 1 amide bonds. The fraction of sp³-hybridized carbons (Fsp3) is 0.143. The largest absolute Gasteiger partial charge is 0.507 e. The zero-order valence-electron chi connectivity index (χ0n) is 10.3. The monoisotopic (exact) mass is 242 g/mol. The maximum atomic E-state index is 12.0. The number of phenols is 1. The molecule has 1 aromatic heterocycles. The number of pyridine rings is 1. The lowest BCUT2D eigenvalue weighted by Crippen LogP contribution is -2.13. The highest BCUT2D eigenvalue weighted by atomic mass is 16.3. The van der Waals surface area contributed by atoms with Crippen LogP contribution in [0.3, 0.4) is 0 Å². The van der Waals surface area contributed by atoms with Gasteiger partial charge in [-0.25, -0.2) is 0 Å². The van der Waals surface area contributed by atoms with Gasteiger partial charge in [0, 0.05) is 5.69 Å². The van der Waals surface area contributed by atoms with Crippen LogP contribution >= 0.6 is 0 Å². The molecule has 0 aliphatic rings. The summed E-state index contributed by atoms with van der Waals surface area (Å²) in [5, 5.41) is 12.3. The molecule has 0 bridgehead atoms. The Hall–Kier alpha value is -2.36. The number of hydrogen-bond donors (Lipinski definition) is 2. The number of phenolic OH excluding ortho intramolecular Hbond substituents is 1. The summed E-state index contributed by atoms with van der Waals surface area (Å²) in [7, 11) is 0. The van der Waals surface area contributed by atoms with Gasteiger partial charge in [-0.15, -0.1) is 0 Å². The summed E-state index contributed by atoms with van der Waals surface area (Å²) in [4.78, 5) is 16.2. The number of benzene rings is 1. The predicted octanol–water partition coefficient (Wildman–Crippen LogP) is 2.66. The van der Waals surface area contributed by atoms with Crippen LogP contribution < -0.4 is 5.32 Å². The van der Waals surface area contributed by atoms with Crippen LogP contribution in [0, 0.1) is 13.8 Å². The zero-order chi connectivity index (χ0) is 13.1. The number of para-hydroxylation sites is 1. The first-order valence-electron chi connectivity index (χ1n) is 5.61. The molecular formula is C14H14N2O2. The fourth-order valence-corrected chi connectivity index (χ4v) is 1.67. The first-order chi connectivity index (χ1) is 8.58. The van der Waals surface area contributed by atoms with Crippen molar-refractivity contribution in [2.75, 3.05) is 5.32 Å². The van der Waals surface area contributed by atoms with Crippen LogP contribution in [0.15, 0.2) is 36.4 Å². The highest BCUT2D eigenvalue weighted by Gasteiger charge is 2.11. The highest BCUT2D eigenvalue weighted by molar-refractivity contribution is 6.06. The van der Waals surface area contributed by atoms with E-state index in [4.69, 9.17) is 0 Å². The number of carbonyl (C=O) groups is 1. The van der Waals surface area contributed by atoms with E-state index in [1.807, 2.05) is 19.9 Å². The average molecular weight is 242 g/mol. The van der Waals surface area contributed by atoms with Gasteiger partial charge in [-0.2, -0.15) is 0 Å². The van der Waals surface area contributed by atoms with E-state index in [1.165, 1.54) is 6.07 Å². The van der Waals surface area contributed by atoms with Crippen molar-refractivity contribution in [3.8, 4) is 5.75 Å². The molecule has 0 saturated heterocycles. The fourth-order valence-electron chi connectivity index (χ4n) is 1.67. The number of aromatic nitrogens is 1. The van der Waals surface area contributed by atoms with Gasteiger partial charge in [0.1, 0.15) is 5.75 Å². The minimum absolute atomic E-state index is 0.0345. The quantitative estimate of drug-likeness (QED) is 0.851. The van der Waals surface area contributed by atoms with Crippen LogP contribution in [0.2, 0.25) is 0 Å². The maximum Gasteiger partial charge on any atom is 0.259 e. The average Bonchev–Trinajstić information content (AvgIpc) is 2.33. The molecule has 2 rings (SSSR count).